The van der Waals surface area contributed by atoms with Crippen LogP contribution in [0.25, 0.3) is 11.1 Å². The predicted molar refractivity (Wildman–Crippen MR) is 111 cm³/mol. The van der Waals surface area contributed by atoms with Gasteiger partial charge in [0.05, 0.1) is 11.7 Å². The highest BCUT2D eigenvalue weighted by molar-refractivity contribution is 5.88. The number of amides is 1. The molecule has 0 aliphatic carbocycles. The molecule has 1 spiro atoms. The molecule has 144 valence electrons. The maximum absolute atomic E-state index is 12.6. The van der Waals surface area contributed by atoms with E-state index in [0.717, 1.165) is 31.5 Å². The van der Waals surface area contributed by atoms with E-state index in [9.17, 15) is 4.79 Å². The SMILES string of the molecule is Cc1cc(C)c(-c2ccnc([C@H]3CC[C@@]4(CCN(C)C4=O)N3)c2)c(C)c1.Cl. The highest BCUT2D eigenvalue weighted by Crippen LogP contribution is 2.39. The predicted octanol–water partition coefficient (Wildman–Crippen LogP) is 4.12. The summed E-state index contributed by atoms with van der Waals surface area (Å²) in [4.78, 5) is 19.0. The lowest BCUT2D eigenvalue weighted by Gasteiger charge is -2.23. The third kappa shape index (κ3) is 3.37. The van der Waals surface area contributed by atoms with E-state index < -0.39 is 0 Å². The Morgan fingerprint density at radius 2 is 1.85 bits per heavy atom. The van der Waals surface area contributed by atoms with Crippen molar-refractivity contribution in [3.05, 3.63) is 52.8 Å². The Morgan fingerprint density at radius 1 is 1.15 bits per heavy atom. The highest BCUT2D eigenvalue weighted by Gasteiger charge is 2.50. The number of likely N-dealkylation sites (tertiary alicyclic amines) is 1. The van der Waals surface area contributed by atoms with Gasteiger partial charge in [-0.25, -0.2) is 0 Å². The maximum atomic E-state index is 12.6. The van der Waals surface area contributed by atoms with Gasteiger partial charge in [0, 0.05) is 19.8 Å². The van der Waals surface area contributed by atoms with Gasteiger partial charge in [-0.05, 0) is 74.4 Å². The normalized spacial score (nSPS) is 24.5. The lowest BCUT2D eigenvalue weighted by atomic mass is 9.93. The molecule has 2 aromatic rings. The molecule has 0 bridgehead atoms. The number of nitrogens with one attached hydrogen (secondary N) is 1. The largest absolute Gasteiger partial charge is 0.344 e. The van der Waals surface area contributed by atoms with E-state index in [4.69, 9.17) is 0 Å². The van der Waals surface area contributed by atoms with Gasteiger partial charge in [0.25, 0.3) is 0 Å². The quantitative estimate of drug-likeness (QED) is 0.845. The van der Waals surface area contributed by atoms with E-state index in [1.54, 1.807) is 0 Å². The van der Waals surface area contributed by atoms with Crippen LogP contribution in [0.4, 0.5) is 0 Å². The summed E-state index contributed by atoms with van der Waals surface area (Å²) >= 11 is 0. The third-order valence-electron chi connectivity index (χ3n) is 6.04. The molecule has 1 aromatic carbocycles. The van der Waals surface area contributed by atoms with Crippen LogP contribution in [0.5, 0.6) is 0 Å². The van der Waals surface area contributed by atoms with Crippen molar-refractivity contribution in [1.29, 1.82) is 0 Å². The van der Waals surface area contributed by atoms with Crippen molar-refractivity contribution in [3.8, 4) is 11.1 Å². The number of hydrogen-bond donors (Lipinski definition) is 1. The Balaban J connectivity index is 0.00000210. The maximum Gasteiger partial charge on any atom is 0.242 e. The molecule has 3 heterocycles. The minimum atomic E-state index is -0.368. The van der Waals surface area contributed by atoms with Crippen LogP contribution in [-0.4, -0.2) is 34.9 Å². The van der Waals surface area contributed by atoms with Crippen LogP contribution in [0, 0.1) is 20.8 Å². The molecule has 4 rings (SSSR count). The lowest BCUT2D eigenvalue weighted by molar-refractivity contribution is -0.131. The molecule has 27 heavy (non-hydrogen) atoms. The van der Waals surface area contributed by atoms with Gasteiger partial charge in [-0.1, -0.05) is 17.7 Å². The van der Waals surface area contributed by atoms with Crippen molar-refractivity contribution in [2.45, 2.75) is 51.6 Å². The van der Waals surface area contributed by atoms with Gasteiger partial charge in [0.1, 0.15) is 5.54 Å². The van der Waals surface area contributed by atoms with E-state index in [0.29, 0.717) is 0 Å². The summed E-state index contributed by atoms with van der Waals surface area (Å²) in [6.45, 7) is 7.32. The van der Waals surface area contributed by atoms with Gasteiger partial charge in [0.15, 0.2) is 0 Å². The van der Waals surface area contributed by atoms with Gasteiger partial charge < -0.3 is 4.90 Å². The highest BCUT2D eigenvalue weighted by atomic mass is 35.5. The number of rotatable bonds is 2. The molecule has 4 nitrogen and oxygen atoms in total. The Labute approximate surface area is 167 Å². The topological polar surface area (TPSA) is 45.2 Å². The number of aromatic nitrogens is 1. The summed E-state index contributed by atoms with van der Waals surface area (Å²) in [6, 6.07) is 8.91. The molecule has 2 atom stereocenters. The molecular formula is C22H28ClN3O. The number of benzene rings is 1. The summed E-state index contributed by atoms with van der Waals surface area (Å²) < 4.78 is 0. The summed E-state index contributed by atoms with van der Waals surface area (Å²) in [5.74, 6) is 0.237. The molecule has 2 fully saturated rings. The number of carbonyl (C=O) groups excluding carboxylic acids is 1. The molecule has 0 unspecified atom stereocenters. The van der Waals surface area contributed by atoms with E-state index in [1.807, 2.05) is 18.1 Å². The zero-order chi connectivity index (χ0) is 18.5. The number of pyridine rings is 1. The first-order valence-corrected chi connectivity index (χ1v) is 9.47. The van der Waals surface area contributed by atoms with E-state index >= 15 is 0 Å². The summed E-state index contributed by atoms with van der Waals surface area (Å²) in [6.07, 6.45) is 4.66. The molecule has 1 aromatic heterocycles. The van der Waals surface area contributed by atoms with Crippen LogP contribution in [0.1, 0.15) is 47.7 Å². The summed E-state index contributed by atoms with van der Waals surface area (Å²) in [7, 11) is 1.90. The second-order valence-electron chi connectivity index (χ2n) is 8.04. The molecule has 2 saturated heterocycles. The molecule has 2 aliphatic rings. The zero-order valence-electron chi connectivity index (χ0n) is 16.5. The van der Waals surface area contributed by atoms with Gasteiger partial charge in [0.2, 0.25) is 5.91 Å². The second kappa shape index (κ2) is 7.25. The van der Waals surface area contributed by atoms with Crippen LogP contribution in [-0.2, 0) is 4.79 Å². The number of carbonyl (C=O) groups is 1. The number of aryl methyl sites for hydroxylation is 3. The molecule has 0 saturated carbocycles. The van der Waals surface area contributed by atoms with Gasteiger partial charge in [-0.3, -0.25) is 15.1 Å². The standard InChI is InChI=1S/C22H27N3O.ClH/c1-14-11-15(2)20(16(3)12-14)17-6-9-23-19(13-17)18-5-7-22(24-18)8-10-25(4)21(22)26;/h6,9,11-13,18,24H,5,7-8,10H2,1-4H3;1H/t18-,22+;/m1./s1. The number of halogens is 1. The summed E-state index contributed by atoms with van der Waals surface area (Å²) in [5, 5.41) is 3.63. The van der Waals surface area contributed by atoms with E-state index in [2.05, 4.69) is 55.3 Å². The van der Waals surface area contributed by atoms with E-state index in [1.165, 1.54) is 27.8 Å². The van der Waals surface area contributed by atoms with Crippen molar-refractivity contribution in [2.75, 3.05) is 13.6 Å². The summed E-state index contributed by atoms with van der Waals surface area (Å²) in [5.41, 5.74) is 7.06. The van der Waals surface area contributed by atoms with Gasteiger partial charge >= 0.3 is 0 Å². The average Bonchev–Trinajstić information content (AvgIpc) is 3.15. The molecule has 0 radical (unpaired) electrons. The Hall–Kier alpha value is -1.91. The Morgan fingerprint density at radius 3 is 2.48 bits per heavy atom. The molecule has 2 aliphatic heterocycles. The number of likely N-dealkylation sites (N-methyl/N-ethyl adjacent to an activating group) is 1. The van der Waals surface area contributed by atoms with Crippen LogP contribution in [0.15, 0.2) is 30.5 Å². The lowest BCUT2D eigenvalue weighted by Crippen LogP contribution is -2.47. The second-order valence-corrected chi connectivity index (χ2v) is 8.04. The fourth-order valence-electron chi connectivity index (χ4n) is 4.82. The Kier molecular flexibility index (Phi) is 5.33. The Bertz CT molecular complexity index is 859. The van der Waals surface area contributed by atoms with Crippen LogP contribution in [0.2, 0.25) is 0 Å². The fraction of sp³-hybridized carbons (Fsp3) is 0.455. The molecular weight excluding hydrogens is 358 g/mol. The molecule has 1 amide bonds. The smallest absolute Gasteiger partial charge is 0.242 e. The van der Waals surface area contributed by atoms with Crippen molar-refractivity contribution in [1.82, 2.24) is 15.2 Å². The van der Waals surface area contributed by atoms with Crippen LogP contribution >= 0.6 is 12.4 Å². The van der Waals surface area contributed by atoms with Crippen LogP contribution in [0.3, 0.4) is 0 Å². The van der Waals surface area contributed by atoms with Gasteiger partial charge in [-0.15, -0.1) is 12.4 Å². The van der Waals surface area contributed by atoms with Crippen molar-refractivity contribution in [2.24, 2.45) is 0 Å². The first-order valence-electron chi connectivity index (χ1n) is 9.47. The monoisotopic (exact) mass is 385 g/mol. The van der Waals surface area contributed by atoms with Crippen LogP contribution < -0.4 is 5.32 Å². The molecule has 1 N–H and O–H groups in total. The number of nitrogens with zero attached hydrogens (tertiary/aromatic N) is 2. The fourth-order valence-corrected chi connectivity index (χ4v) is 4.82. The first-order chi connectivity index (χ1) is 12.4. The number of hydrogen-bond acceptors (Lipinski definition) is 3. The minimum Gasteiger partial charge on any atom is -0.344 e. The third-order valence-corrected chi connectivity index (χ3v) is 6.04. The van der Waals surface area contributed by atoms with Crippen molar-refractivity contribution >= 4 is 18.3 Å². The average molecular weight is 386 g/mol. The first kappa shape index (κ1) is 19.8. The zero-order valence-corrected chi connectivity index (χ0v) is 17.3. The van der Waals surface area contributed by atoms with Crippen molar-refractivity contribution in [3.63, 3.8) is 0 Å². The minimum absolute atomic E-state index is 0. The van der Waals surface area contributed by atoms with Gasteiger partial charge in [-0.2, -0.15) is 0 Å². The van der Waals surface area contributed by atoms with E-state index in [-0.39, 0.29) is 29.9 Å². The van der Waals surface area contributed by atoms with Crippen molar-refractivity contribution < 1.29 is 4.79 Å². The molecule has 5 heteroatoms.